The number of hydrogen-bond acceptors (Lipinski definition) is 4. The average Bonchev–Trinajstić information content (AvgIpc) is 2.35. The van der Waals surface area contributed by atoms with E-state index in [0.29, 0.717) is 13.1 Å². The third kappa shape index (κ3) is 6.61. The van der Waals surface area contributed by atoms with E-state index in [0.717, 1.165) is 0 Å². The molecular formula is C11H21N3O5. The third-order valence-electron chi connectivity index (χ3n) is 2.31. The second kappa shape index (κ2) is 9.15. The Hall–Kier alpha value is -1.83. The van der Waals surface area contributed by atoms with Crippen LogP contribution in [0, 0.1) is 0 Å². The van der Waals surface area contributed by atoms with Crippen LogP contribution in [-0.4, -0.2) is 67.3 Å². The average molecular weight is 275 g/mol. The van der Waals surface area contributed by atoms with Crippen LogP contribution in [0.2, 0.25) is 0 Å². The van der Waals surface area contributed by atoms with Gasteiger partial charge in [0.25, 0.3) is 0 Å². The largest absolute Gasteiger partial charge is 0.480 e. The van der Waals surface area contributed by atoms with Crippen LogP contribution in [0.1, 0.15) is 13.8 Å². The smallest absolute Gasteiger partial charge is 0.328 e. The molecule has 1 atom stereocenters. The van der Waals surface area contributed by atoms with Gasteiger partial charge in [-0.05, 0) is 13.8 Å². The van der Waals surface area contributed by atoms with Gasteiger partial charge in [-0.3, -0.25) is 4.79 Å². The quantitative estimate of drug-likeness (QED) is 0.540. The maximum absolute atomic E-state index is 11.8. The second-order valence-electron chi connectivity index (χ2n) is 3.76. The minimum atomic E-state index is -1.19. The summed E-state index contributed by atoms with van der Waals surface area (Å²) >= 11 is 0. The summed E-state index contributed by atoms with van der Waals surface area (Å²) in [5.41, 5.74) is 0. The van der Waals surface area contributed by atoms with Crippen molar-refractivity contribution in [2.75, 3.05) is 33.4 Å². The Morgan fingerprint density at radius 3 is 2.37 bits per heavy atom. The first kappa shape index (κ1) is 17.2. The number of carboxylic acid groups (broad SMARTS) is 1. The highest BCUT2D eigenvalue weighted by Gasteiger charge is 2.23. The molecule has 0 fully saturated rings. The highest BCUT2D eigenvalue weighted by atomic mass is 16.5. The van der Waals surface area contributed by atoms with E-state index in [4.69, 9.17) is 9.84 Å². The van der Waals surface area contributed by atoms with E-state index >= 15 is 0 Å². The van der Waals surface area contributed by atoms with Crippen molar-refractivity contribution < 1.29 is 24.2 Å². The van der Waals surface area contributed by atoms with Crippen LogP contribution in [0.15, 0.2) is 0 Å². The lowest BCUT2D eigenvalue weighted by molar-refractivity contribution is -0.140. The molecular weight excluding hydrogens is 254 g/mol. The zero-order valence-corrected chi connectivity index (χ0v) is 11.4. The highest BCUT2D eigenvalue weighted by Crippen LogP contribution is 1.93. The molecule has 0 saturated carbocycles. The molecule has 8 nitrogen and oxygen atoms in total. The summed E-state index contributed by atoms with van der Waals surface area (Å²) in [5.74, 6) is -1.48. The maximum atomic E-state index is 11.8. The predicted octanol–water partition coefficient (Wildman–Crippen LogP) is -0.746. The lowest BCUT2D eigenvalue weighted by Gasteiger charge is -2.23. The van der Waals surface area contributed by atoms with Gasteiger partial charge in [-0.15, -0.1) is 0 Å². The number of amides is 3. The first-order chi connectivity index (χ1) is 8.96. The zero-order chi connectivity index (χ0) is 14.8. The van der Waals surface area contributed by atoms with Crippen LogP contribution in [0.25, 0.3) is 0 Å². The lowest BCUT2D eigenvalue weighted by Crippen LogP contribution is -2.51. The summed E-state index contributed by atoms with van der Waals surface area (Å²) in [5, 5.41) is 13.7. The molecule has 0 rings (SSSR count). The second-order valence-corrected chi connectivity index (χ2v) is 3.76. The number of likely N-dealkylation sites (N-methyl/N-ethyl adjacent to an activating group) is 2. The maximum Gasteiger partial charge on any atom is 0.328 e. The van der Waals surface area contributed by atoms with Crippen LogP contribution < -0.4 is 10.6 Å². The van der Waals surface area contributed by atoms with Gasteiger partial charge >= 0.3 is 12.0 Å². The molecule has 0 aliphatic rings. The molecule has 0 aromatic carbocycles. The Morgan fingerprint density at radius 1 is 1.32 bits per heavy atom. The fourth-order valence-electron chi connectivity index (χ4n) is 1.34. The van der Waals surface area contributed by atoms with Crippen LogP contribution in [0.4, 0.5) is 4.79 Å². The molecule has 0 aromatic heterocycles. The first-order valence-electron chi connectivity index (χ1n) is 6.00. The summed E-state index contributed by atoms with van der Waals surface area (Å²) < 4.78 is 4.71. The van der Waals surface area contributed by atoms with Crippen molar-refractivity contribution in [2.24, 2.45) is 0 Å². The number of aliphatic carboxylic acids is 1. The van der Waals surface area contributed by atoms with Gasteiger partial charge in [-0.25, -0.2) is 9.59 Å². The molecule has 0 spiro atoms. The molecule has 0 heterocycles. The number of carbonyl (C=O) groups is 3. The lowest BCUT2D eigenvalue weighted by atomic mass is 10.3. The predicted molar refractivity (Wildman–Crippen MR) is 67.8 cm³/mol. The first-order valence-corrected chi connectivity index (χ1v) is 6.00. The summed E-state index contributed by atoms with van der Waals surface area (Å²) in [7, 11) is 1.34. The van der Waals surface area contributed by atoms with Gasteiger partial charge in [-0.1, -0.05) is 0 Å². The Kier molecular flexibility index (Phi) is 8.27. The molecule has 3 amide bonds. The topological polar surface area (TPSA) is 108 Å². The van der Waals surface area contributed by atoms with E-state index in [-0.39, 0.29) is 19.1 Å². The summed E-state index contributed by atoms with van der Waals surface area (Å²) in [6, 6.07) is -1.75. The summed E-state index contributed by atoms with van der Waals surface area (Å²) in [6.07, 6.45) is 0. The molecule has 0 bridgehead atoms. The molecule has 0 saturated heterocycles. The molecule has 110 valence electrons. The molecule has 1 unspecified atom stereocenters. The number of hydrogen-bond donors (Lipinski definition) is 3. The monoisotopic (exact) mass is 275 g/mol. The Bertz CT molecular complexity index is 321. The minimum Gasteiger partial charge on any atom is -0.480 e. The van der Waals surface area contributed by atoms with Crippen molar-refractivity contribution >= 4 is 17.9 Å². The number of carbonyl (C=O) groups excluding carboxylic acids is 2. The number of nitrogens with zero attached hydrogens (tertiary/aromatic N) is 1. The standard InChI is InChI=1S/C11H21N3O5/c1-4-12-9(15)6-14(5-2)11(18)13-8(7-19-3)10(16)17/h8H,4-7H2,1-3H3,(H,12,15)(H,13,18)(H,16,17). The van der Waals surface area contributed by atoms with Gasteiger partial charge in [0.2, 0.25) is 5.91 Å². The van der Waals surface area contributed by atoms with Gasteiger partial charge in [0, 0.05) is 20.2 Å². The molecule has 0 aliphatic heterocycles. The van der Waals surface area contributed by atoms with Gasteiger partial charge in [0.05, 0.1) is 6.61 Å². The Morgan fingerprint density at radius 2 is 1.95 bits per heavy atom. The van der Waals surface area contributed by atoms with Crippen molar-refractivity contribution in [2.45, 2.75) is 19.9 Å². The molecule has 3 N–H and O–H groups in total. The van der Waals surface area contributed by atoms with E-state index < -0.39 is 18.0 Å². The minimum absolute atomic E-state index is 0.116. The summed E-state index contributed by atoms with van der Waals surface area (Å²) in [6.45, 7) is 3.98. The number of nitrogens with one attached hydrogen (secondary N) is 2. The van der Waals surface area contributed by atoms with E-state index in [9.17, 15) is 14.4 Å². The molecule has 0 aliphatic carbocycles. The molecule has 8 heteroatoms. The van der Waals surface area contributed by atoms with Crippen molar-refractivity contribution in [3.8, 4) is 0 Å². The van der Waals surface area contributed by atoms with E-state index in [1.807, 2.05) is 0 Å². The van der Waals surface area contributed by atoms with E-state index in [1.165, 1.54) is 12.0 Å². The number of urea groups is 1. The molecule has 0 radical (unpaired) electrons. The van der Waals surface area contributed by atoms with E-state index in [1.54, 1.807) is 13.8 Å². The molecule has 19 heavy (non-hydrogen) atoms. The molecule has 0 aromatic rings. The number of rotatable bonds is 8. The van der Waals surface area contributed by atoms with Crippen LogP contribution in [0.5, 0.6) is 0 Å². The van der Waals surface area contributed by atoms with Gasteiger partial charge in [0.1, 0.15) is 6.54 Å². The van der Waals surface area contributed by atoms with Crippen molar-refractivity contribution in [1.29, 1.82) is 0 Å². The summed E-state index contributed by atoms with van der Waals surface area (Å²) in [4.78, 5) is 35.3. The van der Waals surface area contributed by atoms with Crippen LogP contribution >= 0.6 is 0 Å². The Balaban J connectivity index is 4.48. The van der Waals surface area contributed by atoms with Crippen LogP contribution in [0.3, 0.4) is 0 Å². The fraction of sp³-hybridized carbons (Fsp3) is 0.727. The number of ether oxygens (including phenoxy) is 1. The van der Waals surface area contributed by atoms with Crippen LogP contribution in [-0.2, 0) is 14.3 Å². The highest BCUT2D eigenvalue weighted by molar-refractivity contribution is 5.86. The SMILES string of the molecule is CCNC(=O)CN(CC)C(=O)NC(COC)C(=O)O. The van der Waals surface area contributed by atoms with Gasteiger partial charge in [-0.2, -0.15) is 0 Å². The fourth-order valence-corrected chi connectivity index (χ4v) is 1.34. The van der Waals surface area contributed by atoms with Crippen molar-refractivity contribution in [3.05, 3.63) is 0 Å². The Labute approximate surface area is 112 Å². The number of methoxy groups -OCH3 is 1. The van der Waals surface area contributed by atoms with E-state index in [2.05, 4.69) is 10.6 Å². The zero-order valence-electron chi connectivity index (χ0n) is 11.4. The number of carboxylic acids is 1. The van der Waals surface area contributed by atoms with Gasteiger partial charge < -0.3 is 25.4 Å². The third-order valence-corrected chi connectivity index (χ3v) is 2.31. The van der Waals surface area contributed by atoms with Crippen molar-refractivity contribution in [3.63, 3.8) is 0 Å². The van der Waals surface area contributed by atoms with Crippen molar-refractivity contribution in [1.82, 2.24) is 15.5 Å². The normalized spacial score (nSPS) is 11.5. The van der Waals surface area contributed by atoms with Gasteiger partial charge in [0.15, 0.2) is 6.04 Å².